The Morgan fingerprint density at radius 2 is 1.64 bits per heavy atom. The molecule has 0 atom stereocenters. The lowest BCUT2D eigenvalue weighted by molar-refractivity contribution is -0.134. The van der Waals surface area contributed by atoms with E-state index in [2.05, 4.69) is 51.2 Å². The summed E-state index contributed by atoms with van der Waals surface area (Å²) in [7, 11) is 0. The lowest BCUT2D eigenvalue weighted by Crippen LogP contribution is -2.30. The maximum Gasteiger partial charge on any atom is 0.328 e. The zero-order chi connectivity index (χ0) is 20.2. The van der Waals surface area contributed by atoms with Gasteiger partial charge in [0, 0.05) is 51.1 Å². The van der Waals surface area contributed by atoms with Gasteiger partial charge < -0.3 is 15.1 Å². The molecule has 0 unspecified atom stereocenters. The second-order valence-electron chi connectivity index (χ2n) is 6.32. The van der Waals surface area contributed by atoms with Crippen LogP contribution in [0.25, 0.3) is 0 Å². The molecule has 0 radical (unpaired) electrons. The molecular weight excluding hydrogens is 358 g/mol. The Bertz CT molecular complexity index is 750. The van der Waals surface area contributed by atoms with Crippen molar-refractivity contribution in [3.63, 3.8) is 0 Å². The number of nitrogens with zero attached hydrogens (tertiary/aromatic N) is 3. The summed E-state index contributed by atoms with van der Waals surface area (Å²) in [5, 5.41) is 15.6. The van der Waals surface area contributed by atoms with Crippen molar-refractivity contribution in [3.05, 3.63) is 72.6 Å². The molecule has 0 spiro atoms. The Morgan fingerprint density at radius 3 is 2.25 bits per heavy atom. The van der Waals surface area contributed by atoms with Gasteiger partial charge >= 0.3 is 11.9 Å². The summed E-state index contributed by atoms with van der Waals surface area (Å²) < 4.78 is 0. The summed E-state index contributed by atoms with van der Waals surface area (Å²) in [6.07, 6.45) is 6.13. The third-order valence-electron chi connectivity index (χ3n) is 4.22. The highest BCUT2D eigenvalue weighted by molar-refractivity contribution is 5.89. The van der Waals surface area contributed by atoms with E-state index in [1.54, 1.807) is 0 Å². The molecule has 0 bridgehead atoms. The van der Waals surface area contributed by atoms with E-state index in [9.17, 15) is 9.59 Å². The molecule has 2 aromatic rings. The van der Waals surface area contributed by atoms with E-state index in [-0.39, 0.29) is 0 Å². The number of aliphatic carboxylic acids is 2. The van der Waals surface area contributed by atoms with E-state index >= 15 is 0 Å². The number of carboxylic acid groups (broad SMARTS) is 2. The van der Waals surface area contributed by atoms with Gasteiger partial charge in [0.05, 0.1) is 11.9 Å². The fourth-order valence-corrected chi connectivity index (χ4v) is 2.91. The fraction of sp³-hybridized carbons (Fsp3) is 0.286. The molecule has 2 heterocycles. The first-order valence-electron chi connectivity index (χ1n) is 9.10. The van der Waals surface area contributed by atoms with Gasteiger partial charge in [0.2, 0.25) is 0 Å². The van der Waals surface area contributed by atoms with E-state index in [0.717, 1.165) is 26.2 Å². The Kier molecular flexibility index (Phi) is 8.68. The van der Waals surface area contributed by atoms with Crippen molar-refractivity contribution in [2.45, 2.75) is 13.0 Å². The molecule has 148 valence electrons. The van der Waals surface area contributed by atoms with Crippen molar-refractivity contribution in [2.75, 3.05) is 31.1 Å². The second kappa shape index (κ2) is 11.5. The number of pyridine rings is 1. The van der Waals surface area contributed by atoms with Crippen LogP contribution < -0.4 is 4.90 Å². The molecule has 0 aliphatic carbocycles. The lowest BCUT2D eigenvalue weighted by atomic mass is 10.2. The largest absolute Gasteiger partial charge is 0.478 e. The number of carboxylic acids is 2. The van der Waals surface area contributed by atoms with Crippen LogP contribution in [0, 0.1) is 0 Å². The van der Waals surface area contributed by atoms with Gasteiger partial charge in [-0.1, -0.05) is 30.3 Å². The second-order valence-corrected chi connectivity index (χ2v) is 6.32. The first-order valence-corrected chi connectivity index (χ1v) is 9.10. The molecule has 1 fully saturated rings. The van der Waals surface area contributed by atoms with Crippen LogP contribution in [0.5, 0.6) is 0 Å². The van der Waals surface area contributed by atoms with Crippen LogP contribution in [-0.2, 0) is 16.1 Å². The maximum absolute atomic E-state index is 9.55. The summed E-state index contributed by atoms with van der Waals surface area (Å²) in [6, 6.07) is 14.9. The van der Waals surface area contributed by atoms with Crippen molar-refractivity contribution < 1.29 is 19.8 Å². The SMILES string of the molecule is O=C(O)/C=C/C(=O)O.c1ccc(CN2CCCN(c3cccnc3)CC2)cc1. The van der Waals surface area contributed by atoms with Crippen LogP contribution in [0.1, 0.15) is 12.0 Å². The van der Waals surface area contributed by atoms with E-state index in [0.29, 0.717) is 12.2 Å². The van der Waals surface area contributed by atoms with Crippen LogP contribution >= 0.6 is 0 Å². The van der Waals surface area contributed by atoms with E-state index in [4.69, 9.17) is 10.2 Å². The summed E-state index contributed by atoms with van der Waals surface area (Å²) >= 11 is 0. The third-order valence-corrected chi connectivity index (χ3v) is 4.22. The number of rotatable bonds is 5. The van der Waals surface area contributed by atoms with Crippen LogP contribution in [0.3, 0.4) is 0 Å². The first-order chi connectivity index (χ1) is 13.5. The summed E-state index contributed by atoms with van der Waals surface area (Å²) in [4.78, 5) is 28.3. The zero-order valence-corrected chi connectivity index (χ0v) is 15.6. The molecule has 1 saturated heterocycles. The van der Waals surface area contributed by atoms with E-state index in [1.165, 1.54) is 24.2 Å². The third kappa shape index (κ3) is 8.01. The standard InChI is InChI=1S/C17H21N3.C4H4O4/c1-2-6-16(7-3-1)15-19-10-5-11-20(13-12-19)17-8-4-9-18-14-17;5-3(6)1-2-4(7)8/h1-4,6-9,14H,5,10-13,15H2;1-2H,(H,5,6)(H,7,8)/b;2-1+. The fourth-order valence-electron chi connectivity index (χ4n) is 2.91. The molecule has 7 heteroatoms. The molecule has 7 nitrogen and oxygen atoms in total. The van der Waals surface area contributed by atoms with Gasteiger partial charge in [0.15, 0.2) is 0 Å². The van der Waals surface area contributed by atoms with Crippen molar-refractivity contribution >= 4 is 17.6 Å². The molecule has 1 aliphatic rings. The molecule has 0 saturated carbocycles. The average molecular weight is 383 g/mol. The van der Waals surface area contributed by atoms with Gasteiger partial charge in [-0.3, -0.25) is 9.88 Å². The van der Waals surface area contributed by atoms with Crippen molar-refractivity contribution in [1.82, 2.24) is 9.88 Å². The predicted octanol–water partition coefficient (Wildman–Crippen LogP) is 2.51. The Labute approximate surface area is 164 Å². The Morgan fingerprint density at radius 1 is 0.929 bits per heavy atom. The highest BCUT2D eigenvalue weighted by Gasteiger charge is 2.15. The minimum absolute atomic E-state index is 0.558. The van der Waals surface area contributed by atoms with Gasteiger partial charge in [-0.05, 0) is 24.1 Å². The highest BCUT2D eigenvalue weighted by atomic mass is 16.4. The molecule has 1 aliphatic heterocycles. The van der Waals surface area contributed by atoms with E-state index < -0.39 is 11.9 Å². The van der Waals surface area contributed by atoms with Gasteiger partial charge in [-0.2, -0.15) is 0 Å². The van der Waals surface area contributed by atoms with Crippen LogP contribution in [0.15, 0.2) is 67.0 Å². The minimum atomic E-state index is -1.26. The van der Waals surface area contributed by atoms with Crippen molar-refractivity contribution in [2.24, 2.45) is 0 Å². The van der Waals surface area contributed by atoms with Crippen LogP contribution in [0.2, 0.25) is 0 Å². The molecular formula is C21H25N3O4. The van der Waals surface area contributed by atoms with E-state index in [1.807, 2.05) is 18.5 Å². The number of anilines is 1. The smallest absolute Gasteiger partial charge is 0.328 e. The lowest BCUT2D eigenvalue weighted by Gasteiger charge is -2.23. The molecule has 2 N–H and O–H groups in total. The van der Waals surface area contributed by atoms with Gasteiger partial charge in [0.25, 0.3) is 0 Å². The normalized spacial score (nSPS) is 14.8. The van der Waals surface area contributed by atoms with Gasteiger partial charge in [-0.15, -0.1) is 0 Å². The topological polar surface area (TPSA) is 94.0 Å². The molecule has 1 aromatic heterocycles. The zero-order valence-electron chi connectivity index (χ0n) is 15.6. The first kappa shape index (κ1) is 21.1. The van der Waals surface area contributed by atoms with Crippen molar-refractivity contribution in [3.8, 4) is 0 Å². The molecule has 1 aromatic carbocycles. The number of carbonyl (C=O) groups is 2. The average Bonchev–Trinajstić information content (AvgIpc) is 2.94. The predicted molar refractivity (Wildman–Crippen MR) is 107 cm³/mol. The number of benzene rings is 1. The summed E-state index contributed by atoms with van der Waals surface area (Å²) in [5.74, 6) is -2.51. The highest BCUT2D eigenvalue weighted by Crippen LogP contribution is 2.15. The minimum Gasteiger partial charge on any atom is -0.478 e. The number of hydrogen-bond donors (Lipinski definition) is 2. The van der Waals surface area contributed by atoms with Gasteiger partial charge in [-0.25, -0.2) is 9.59 Å². The quantitative estimate of drug-likeness (QED) is 0.766. The monoisotopic (exact) mass is 383 g/mol. The van der Waals surface area contributed by atoms with Crippen LogP contribution in [0.4, 0.5) is 5.69 Å². The Hall–Kier alpha value is -3.19. The maximum atomic E-state index is 9.55. The summed E-state index contributed by atoms with van der Waals surface area (Å²) in [5.41, 5.74) is 2.65. The van der Waals surface area contributed by atoms with Crippen molar-refractivity contribution in [1.29, 1.82) is 0 Å². The Balaban J connectivity index is 0.000000300. The molecule has 3 rings (SSSR count). The number of aromatic nitrogens is 1. The van der Waals surface area contributed by atoms with Crippen LogP contribution in [-0.4, -0.2) is 58.2 Å². The number of hydrogen-bond acceptors (Lipinski definition) is 5. The molecule has 0 amide bonds. The summed E-state index contributed by atoms with van der Waals surface area (Å²) in [6.45, 7) is 5.55. The van der Waals surface area contributed by atoms with Gasteiger partial charge in [0.1, 0.15) is 0 Å². The molecule has 28 heavy (non-hydrogen) atoms.